The molecule has 0 aliphatic carbocycles. The van der Waals surface area contributed by atoms with E-state index >= 15 is 0 Å². The summed E-state index contributed by atoms with van der Waals surface area (Å²) in [6.45, 7) is 5.24. The average Bonchev–Trinajstić information content (AvgIpc) is 2.94. The van der Waals surface area contributed by atoms with Gasteiger partial charge < -0.3 is 14.7 Å². The number of carboxylic acid groups (broad SMARTS) is 1. The first-order valence-electron chi connectivity index (χ1n) is 6.62. The fourth-order valence-corrected chi connectivity index (χ4v) is 2.89. The van der Waals surface area contributed by atoms with E-state index < -0.39 is 11.4 Å². The lowest BCUT2D eigenvalue weighted by Gasteiger charge is -2.24. The van der Waals surface area contributed by atoms with E-state index in [0.29, 0.717) is 26.1 Å². The van der Waals surface area contributed by atoms with Crippen LogP contribution < -0.4 is 0 Å². The minimum absolute atomic E-state index is 0.00850. The number of carboxylic acids is 1. The summed E-state index contributed by atoms with van der Waals surface area (Å²) in [7, 11) is 0. The molecule has 0 spiro atoms. The highest BCUT2D eigenvalue weighted by Gasteiger charge is 2.45. The van der Waals surface area contributed by atoms with E-state index in [0.717, 1.165) is 12.8 Å². The first kappa shape index (κ1) is 13.3. The Kier molecular flexibility index (Phi) is 3.61. The number of hydrogen-bond donors (Lipinski definition) is 1. The summed E-state index contributed by atoms with van der Waals surface area (Å²) in [5.74, 6) is -0.817. The molecule has 2 fully saturated rings. The fourth-order valence-electron chi connectivity index (χ4n) is 2.89. The molecular weight excluding hydrogens is 234 g/mol. The number of amides is 1. The molecule has 3 unspecified atom stereocenters. The van der Waals surface area contributed by atoms with Crippen molar-refractivity contribution >= 4 is 11.9 Å². The van der Waals surface area contributed by atoms with Crippen molar-refractivity contribution < 1.29 is 19.4 Å². The van der Waals surface area contributed by atoms with E-state index in [1.165, 1.54) is 0 Å². The maximum absolute atomic E-state index is 12.4. The second-order valence-corrected chi connectivity index (χ2v) is 5.59. The lowest BCUT2D eigenvalue weighted by Crippen LogP contribution is -2.40. The molecule has 0 aromatic rings. The molecule has 1 amide bonds. The van der Waals surface area contributed by atoms with Crippen molar-refractivity contribution in [3.05, 3.63) is 0 Å². The molecule has 2 aliphatic heterocycles. The Hall–Kier alpha value is -1.10. The summed E-state index contributed by atoms with van der Waals surface area (Å²) in [6.07, 6.45) is 2.14. The molecule has 18 heavy (non-hydrogen) atoms. The topological polar surface area (TPSA) is 66.8 Å². The molecule has 2 saturated heterocycles. The van der Waals surface area contributed by atoms with Gasteiger partial charge in [0, 0.05) is 19.7 Å². The first-order chi connectivity index (χ1) is 8.48. The van der Waals surface area contributed by atoms with E-state index in [2.05, 4.69) is 0 Å². The number of nitrogens with zero attached hydrogens (tertiary/aromatic N) is 1. The molecule has 102 valence electrons. The summed E-state index contributed by atoms with van der Waals surface area (Å²) in [4.78, 5) is 25.3. The number of carbonyl (C=O) groups is 2. The van der Waals surface area contributed by atoms with E-state index in [4.69, 9.17) is 4.74 Å². The predicted molar refractivity (Wildman–Crippen MR) is 65.1 cm³/mol. The molecule has 2 aliphatic rings. The highest BCUT2D eigenvalue weighted by molar-refractivity contribution is 5.82. The Morgan fingerprint density at radius 1 is 1.50 bits per heavy atom. The second kappa shape index (κ2) is 4.88. The molecule has 0 bridgehead atoms. The van der Waals surface area contributed by atoms with Crippen LogP contribution in [0.3, 0.4) is 0 Å². The standard InChI is InChI=1S/C13H21NO4/c1-3-10-9(4-7-18-10)11(15)14-6-5-13(2,8-14)12(16)17/h9-10H,3-8H2,1-2H3,(H,16,17). The number of carbonyl (C=O) groups excluding carboxylic acids is 1. The molecule has 3 atom stereocenters. The van der Waals surface area contributed by atoms with Crippen LogP contribution in [-0.4, -0.2) is 47.7 Å². The lowest BCUT2D eigenvalue weighted by molar-refractivity contribution is -0.147. The van der Waals surface area contributed by atoms with Crippen molar-refractivity contribution in [2.45, 2.75) is 39.2 Å². The maximum atomic E-state index is 12.4. The van der Waals surface area contributed by atoms with Gasteiger partial charge in [0.15, 0.2) is 0 Å². The third-order valence-electron chi connectivity index (χ3n) is 4.23. The van der Waals surface area contributed by atoms with Gasteiger partial charge in [0.1, 0.15) is 0 Å². The number of aliphatic carboxylic acids is 1. The summed E-state index contributed by atoms with van der Waals surface area (Å²) in [6, 6.07) is 0. The quantitative estimate of drug-likeness (QED) is 0.820. The first-order valence-corrected chi connectivity index (χ1v) is 6.62. The van der Waals surface area contributed by atoms with Crippen LogP contribution in [0.15, 0.2) is 0 Å². The Bertz CT molecular complexity index is 357. The Labute approximate surface area is 107 Å². The van der Waals surface area contributed by atoms with Crippen molar-refractivity contribution in [2.24, 2.45) is 11.3 Å². The van der Waals surface area contributed by atoms with Crippen LogP contribution in [0.1, 0.15) is 33.1 Å². The van der Waals surface area contributed by atoms with Gasteiger partial charge in [-0.3, -0.25) is 9.59 Å². The number of ether oxygens (including phenoxy) is 1. The molecular formula is C13H21NO4. The average molecular weight is 255 g/mol. The second-order valence-electron chi connectivity index (χ2n) is 5.59. The minimum atomic E-state index is -0.812. The van der Waals surface area contributed by atoms with Crippen LogP contribution in [-0.2, 0) is 14.3 Å². The smallest absolute Gasteiger partial charge is 0.311 e. The Balaban J connectivity index is 2.01. The third kappa shape index (κ3) is 2.23. The number of rotatable bonds is 3. The van der Waals surface area contributed by atoms with Gasteiger partial charge in [-0.25, -0.2) is 0 Å². The Morgan fingerprint density at radius 2 is 2.22 bits per heavy atom. The summed E-state index contributed by atoms with van der Waals surface area (Å²) < 4.78 is 5.53. The molecule has 5 heteroatoms. The van der Waals surface area contributed by atoms with Gasteiger partial charge in [-0.2, -0.15) is 0 Å². The van der Waals surface area contributed by atoms with Crippen molar-refractivity contribution in [1.82, 2.24) is 4.90 Å². The van der Waals surface area contributed by atoms with E-state index in [-0.39, 0.29) is 17.9 Å². The van der Waals surface area contributed by atoms with Crippen LogP contribution >= 0.6 is 0 Å². The zero-order chi connectivity index (χ0) is 13.3. The normalized spacial score (nSPS) is 36.0. The highest BCUT2D eigenvalue weighted by Crippen LogP contribution is 2.33. The van der Waals surface area contributed by atoms with Crippen molar-refractivity contribution in [1.29, 1.82) is 0 Å². The molecule has 5 nitrogen and oxygen atoms in total. The van der Waals surface area contributed by atoms with Crippen LogP contribution in [0.4, 0.5) is 0 Å². The molecule has 1 N–H and O–H groups in total. The molecule has 0 aromatic heterocycles. The summed E-state index contributed by atoms with van der Waals surface area (Å²) >= 11 is 0. The van der Waals surface area contributed by atoms with Crippen molar-refractivity contribution in [3.63, 3.8) is 0 Å². The van der Waals surface area contributed by atoms with Crippen molar-refractivity contribution in [2.75, 3.05) is 19.7 Å². The van der Waals surface area contributed by atoms with Gasteiger partial charge in [0.25, 0.3) is 0 Å². The largest absolute Gasteiger partial charge is 0.481 e. The third-order valence-corrected chi connectivity index (χ3v) is 4.23. The summed E-state index contributed by atoms with van der Waals surface area (Å²) in [5, 5.41) is 9.17. The summed E-state index contributed by atoms with van der Waals surface area (Å²) in [5.41, 5.74) is -0.781. The van der Waals surface area contributed by atoms with Crippen LogP contribution in [0, 0.1) is 11.3 Å². The zero-order valence-electron chi connectivity index (χ0n) is 11.0. The molecule has 2 heterocycles. The van der Waals surface area contributed by atoms with Gasteiger partial charge >= 0.3 is 5.97 Å². The monoisotopic (exact) mass is 255 g/mol. The predicted octanol–water partition coefficient (Wildman–Crippen LogP) is 1.12. The van der Waals surface area contributed by atoms with Crippen molar-refractivity contribution in [3.8, 4) is 0 Å². The Morgan fingerprint density at radius 3 is 2.78 bits per heavy atom. The number of hydrogen-bond acceptors (Lipinski definition) is 3. The van der Waals surface area contributed by atoms with E-state index in [1.807, 2.05) is 6.92 Å². The SMILES string of the molecule is CCC1OCCC1C(=O)N1CCC(C)(C(=O)O)C1. The molecule has 2 rings (SSSR count). The molecule has 0 radical (unpaired) electrons. The van der Waals surface area contributed by atoms with Gasteiger partial charge in [0.2, 0.25) is 5.91 Å². The maximum Gasteiger partial charge on any atom is 0.311 e. The lowest BCUT2D eigenvalue weighted by atomic mass is 9.90. The van der Waals surface area contributed by atoms with Gasteiger partial charge in [-0.15, -0.1) is 0 Å². The van der Waals surface area contributed by atoms with Gasteiger partial charge in [-0.05, 0) is 26.2 Å². The van der Waals surface area contributed by atoms with Crippen LogP contribution in [0.5, 0.6) is 0 Å². The highest BCUT2D eigenvalue weighted by atomic mass is 16.5. The van der Waals surface area contributed by atoms with Crippen LogP contribution in [0.25, 0.3) is 0 Å². The molecule has 0 aromatic carbocycles. The van der Waals surface area contributed by atoms with Crippen LogP contribution in [0.2, 0.25) is 0 Å². The minimum Gasteiger partial charge on any atom is -0.481 e. The molecule has 0 saturated carbocycles. The van der Waals surface area contributed by atoms with E-state index in [1.54, 1.807) is 11.8 Å². The van der Waals surface area contributed by atoms with Gasteiger partial charge in [0.05, 0.1) is 17.4 Å². The zero-order valence-corrected chi connectivity index (χ0v) is 11.0. The fraction of sp³-hybridized carbons (Fsp3) is 0.846. The van der Waals surface area contributed by atoms with Gasteiger partial charge in [-0.1, -0.05) is 6.92 Å². The number of likely N-dealkylation sites (tertiary alicyclic amines) is 1. The van der Waals surface area contributed by atoms with E-state index in [9.17, 15) is 14.7 Å².